The van der Waals surface area contributed by atoms with Crippen LogP contribution in [0.4, 0.5) is 8.78 Å². The average Bonchev–Trinajstić information content (AvgIpc) is 2.16. The zero-order valence-electron chi connectivity index (χ0n) is 8.08. The smallest absolute Gasteiger partial charge is 0.307 e. The molecule has 1 aromatic rings. The summed E-state index contributed by atoms with van der Waals surface area (Å²) >= 11 is 2.88. The van der Waals surface area contributed by atoms with Crippen molar-refractivity contribution in [1.82, 2.24) is 4.98 Å². The molecule has 0 radical (unpaired) electrons. The fraction of sp³-hybridized carbons (Fsp3) is 0.333. The summed E-state index contributed by atoms with van der Waals surface area (Å²) in [6, 6.07) is 0. The number of nitrogens with zero attached hydrogens (tertiary/aromatic N) is 1. The van der Waals surface area contributed by atoms with Crippen LogP contribution in [-0.2, 0) is 17.8 Å². The van der Waals surface area contributed by atoms with Crippen molar-refractivity contribution in [2.24, 2.45) is 5.73 Å². The number of aromatic nitrogens is 1. The predicted molar refractivity (Wildman–Crippen MR) is 56.1 cm³/mol. The van der Waals surface area contributed by atoms with Crippen LogP contribution >= 0.6 is 15.9 Å². The molecule has 0 fully saturated rings. The van der Waals surface area contributed by atoms with E-state index in [9.17, 15) is 13.6 Å². The predicted octanol–water partition coefficient (Wildman–Crippen LogP) is 1.87. The molecule has 7 heteroatoms. The molecule has 4 nitrogen and oxygen atoms in total. The first-order valence-electron chi connectivity index (χ1n) is 4.33. The van der Waals surface area contributed by atoms with Gasteiger partial charge in [0.1, 0.15) is 4.60 Å². The maximum atomic E-state index is 12.8. The van der Waals surface area contributed by atoms with E-state index >= 15 is 0 Å². The number of pyridine rings is 1. The summed E-state index contributed by atoms with van der Waals surface area (Å²) in [4.78, 5) is 14.3. The molecule has 0 saturated heterocycles. The maximum absolute atomic E-state index is 12.8. The molecule has 1 rings (SSSR count). The van der Waals surface area contributed by atoms with Crippen molar-refractivity contribution in [2.75, 3.05) is 0 Å². The van der Waals surface area contributed by atoms with Crippen LogP contribution in [0, 0.1) is 0 Å². The van der Waals surface area contributed by atoms with Crippen LogP contribution in [0.25, 0.3) is 0 Å². The molecular formula is C9H9BrF2N2O2. The molecule has 0 spiro atoms. The van der Waals surface area contributed by atoms with Gasteiger partial charge in [-0.15, -0.1) is 0 Å². The molecule has 0 aliphatic heterocycles. The minimum Gasteiger partial charge on any atom is -0.481 e. The molecule has 16 heavy (non-hydrogen) atoms. The molecule has 88 valence electrons. The largest absolute Gasteiger partial charge is 0.481 e. The van der Waals surface area contributed by atoms with Gasteiger partial charge in [0.05, 0.1) is 12.0 Å². The average molecular weight is 295 g/mol. The van der Waals surface area contributed by atoms with Crippen LogP contribution in [0.5, 0.6) is 0 Å². The van der Waals surface area contributed by atoms with E-state index in [1.54, 1.807) is 0 Å². The number of halogens is 3. The van der Waals surface area contributed by atoms with Crippen molar-refractivity contribution in [3.8, 4) is 0 Å². The van der Waals surface area contributed by atoms with Crippen LogP contribution in [0.15, 0.2) is 10.8 Å². The topological polar surface area (TPSA) is 76.2 Å². The number of rotatable bonds is 4. The SMILES string of the molecule is NCc1cnc(Br)c(C(F)F)c1CC(=O)O. The molecule has 1 aromatic heterocycles. The lowest BCUT2D eigenvalue weighted by Crippen LogP contribution is -2.12. The van der Waals surface area contributed by atoms with E-state index in [2.05, 4.69) is 20.9 Å². The fourth-order valence-corrected chi connectivity index (χ4v) is 1.85. The summed E-state index contributed by atoms with van der Waals surface area (Å²) in [5.41, 5.74) is 5.31. The molecule has 0 amide bonds. The van der Waals surface area contributed by atoms with E-state index < -0.39 is 24.4 Å². The van der Waals surface area contributed by atoms with Gasteiger partial charge in [0.15, 0.2) is 0 Å². The second-order valence-electron chi connectivity index (χ2n) is 3.04. The number of nitrogens with two attached hydrogens (primary N) is 1. The summed E-state index contributed by atoms with van der Waals surface area (Å²) in [5, 5.41) is 8.66. The maximum Gasteiger partial charge on any atom is 0.307 e. The Morgan fingerprint density at radius 2 is 2.25 bits per heavy atom. The van der Waals surface area contributed by atoms with Gasteiger partial charge in [-0.25, -0.2) is 13.8 Å². The number of carboxylic acids is 1. The summed E-state index contributed by atoms with van der Waals surface area (Å²) in [6.45, 7) is -0.0252. The number of carboxylic acid groups (broad SMARTS) is 1. The van der Waals surface area contributed by atoms with Crippen molar-refractivity contribution in [1.29, 1.82) is 0 Å². The van der Waals surface area contributed by atoms with Gasteiger partial charge in [-0.2, -0.15) is 0 Å². The quantitative estimate of drug-likeness (QED) is 0.831. The molecular weight excluding hydrogens is 286 g/mol. The number of carbonyl (C=O) groups is 1. The van der Waals surface area contributed by atoms with Gasteiger partial charge >= 0.3 is 5.97 Å². The van der Waals surface area contributed by atoms with Crippen molar-refractivity contribution in [2.45, 2.75) is 19.4 Å². The minimum absolute atomic E-state index is 0.0252. The molecule has 3 N–H and O–H groups in total. The monoisotopic (exact) mass is 294 g/mol. The van der Waals surface area contributed by atoms with Crippen LogP contribution in [0.1, 0.15) is 23.1 Å². The number of alkyl halides is 2. The van der Waals surface area contributed by atoms with E-state index in [4.69, 9.17) is 10.8 Å². The van der Waals surface area contributed by atoms with Crippen molar-refractivity contribution < 1.29 is 18.7 Å². The summed E-state index contributed by atoms with van der Waals surface area (Å²) in [7, 11) is 0. The first-order chi connectivity index (χ1) is 7.47. The fourth-order valence-electron chi connectivity index (χ4n) is 1.34. The number of hydrogen-bond donors (Lipinski definition) is 2. The Balaban J connectivity index is 3.36. The normalized spacial score (nSPS) is 10.8. The Bertz CT molecular complexity index is 413. The first-order valence-corrected chi connectivity index (χ1v) is 5.12. The highest BCUT2D eigenvalue weighted by Crippen LogP contribution is 2.31. The van der Waals surface area contributed by atoms with Gasteiger partial charge in [0, 0.05) is 12.7 Å². The van der Waals surface area contributed by atoms with E-state index in [-0.39, 0.29) is 16.7 Å². The van der Waals surface area contributed by atoms with Crippen LogP contribution in [-0.4, -0.2) is 16.1 Å². The van der Waals surface area contributed by atoms with Crippen molar-refractivity contribution in [3.05, 3.63) is 27.5 Å². The van der Waals surface area contributed by atoms with Gasteiger partial charge in [0.2, 0.25) is 0 Å². The van der Waals surface area contributed by atoms with E-state index in [1.807, 2.05) is 0 Å². The first kappa shape index (κ1) is 13.0. The zero-order valence-corrected chi connectivity index (χ0v) is 9.67. The highest BCUT2D eigenvalue weighted by molar-refractivity contribution is 9.10. The van der Waals surface area contributed by atoms with E-state index in [1.165, 1.54) is 6.20 Å². The third kappa shape index (κ3) is 2.73. The van der Waals surface area contributed by atoms with Gasteiger partial charge in [-0.1, -0.05) is 0 Å². The van der Waals surface area contributed by atoms with Crippen molar-refractivity contribution in [3.63, 3.8) is 0 Å². The van der Waals surface area contributed by atoms with Gasteiger partial charge < -0.3 is 10.8 Å². The van der Waals surface area contributed by atoms with Crippen molar-refractivity contribution >= 4 is 21.9 Å². The van der Waals surface area contributed by atoms with Crippen LogP contribution < -0.4 is 5.73 Å². The number of aliphatic carboxylic acids is 1. The minimum atomic E-state index is -2.79. The van der Waals surface area contributed by atoms with Gasteiger partial charge in [0.25, 0.3) is 6.43 Å². The Morgan fingerprint density at radius 3 is 2.69 bits per heavy atom. The Kier molecular flexibility index (Phi) is 4.31. The third-order valence-electron chi connectivity index (χ3n) is 2.03. The molecule has 1 heterocycles. The summed E-state index contributed by atoms with van der Waals surface area (Å²) in [5.74, 6) is -1.19. The molecule has 0 atom stereocenters. The van der Waals surface area contributed by atoms with E-state index in [0.29, 0.717) is 5.56 Å². The molecule has 0 bridgehead atoms. The van der Waals surface area contributed by atoms with Gasteiger partial charge in [-0.05, 0) is 27.1 Å². The highest BCUT2D eigenvalue weighted by atomic mass is 79.9. The lowest BCUT2D eigenvalue weighted by atomic mass is 10.0. The molecule has 0 aliphatic rings. The second kappa shape index (κ2) is 5.31. The van der Waals surface area contributed by atoms with E-state index in [0.717, 1.165) is 0 Å². The lowest BCUT2D eigenvalue weighted by molar-refractivity contribution is -0.136. The molecule has 0 saturated carbocycles. The number of hydrogen-bond acceptors (Lipinski definition) is 3. The highest BCUT2D eigenvalue weighted by Gasteiger charge is 2.22. The molecule has 0 unspecified atom stereocenters. The Labute approximate surface area is 98.6 Å². The summed E-state index contributed by atoms with van der Waals surface area (Å²) < 4.78 is 25.5. The summed E-state index contributed by atoms with van der Waals surface area (Å²) in [6.07, 6.45) is -1.98. The van der Waals surface area contributed by atoms with Crippen LogP contribution in [0.2, 0.25) is 0 Å². The Hall–Kier alpha value is -1.08. The third-order valence-corrected chi connectivity index (χ3v) is 2.67. The Morgan fingerprint density at radius 1 is 1.62 bits per heavy atom. The zero-order chi connectivity index (χ0) is 12.3. The standard InChI is InChI=1S/C9H9BrF2N2O2/c10-8-7(9(11)12)5(1-6(15)16)4(2-13)3-14-8/h3,9H,1-2,13H2,(H,15,16). The lowest BCUT2D eigenvalue weighted by Gasteiger charge is -2.12. The molecule has 0 aliphatic carbocycles. The van der Waals surface area contributed by atoms with Crippen LogP contribution in [0.3, 0.4) is 0 Å². The second-order valence-corrected chi connectivity index (χ2v) is 3.79. The molecule has 0 aromatic carbocycles. The van der Waals surface area contributed by atoms with Gasteiger partial charge in [-0.3, -0.25) is 4.79 Å².